The van der Waals surface area contributed by atoms with Crippen LogP contribution in [0.4, 0.5) is 4.79 Å². The highest BCUT2D eigenvalue weighted by atomic mass is 16.3. The fraction of sp³-hybridized carbons (Fsp3) is 0.727. The zero-order valence-corrected chi connectivity index (χ0v) is 9.49. The average Bonchev–Trinajstić information content (AvgIpc) is 2.30. The lowest BCUT2D eigenvalue weighted by Crippen LogP contribution is -2.66. The summed E-state index contributed by atoms with van der Waals surface area (Å²) in [5.74, 6) is -1.52. The van der Waals surface area contributed by atoms with E-state index in [2.05, 4.69) is 10.6 Å². The number of carbonyl (C=O) groups excluding carboxylic acids is 3. The number of urea groups is 1. The van der Waals surface area contributed by atoms with Crippen LogP contribution in [0.2, 0.25) is 0 Å². The highest BCUT2D eigenvalue weighted by Gasteiger charge is 2.55. The van der Waals surface area contributed by atoms with Crippen LogP contribution in [0.25, 0.3) is 0 Å². The lowest BCUT2D eigenvalue weighted by Gasteiger charge is -2.40. The van der Waals surface area contributed by atoms with E-state index < -0.39 is 29.9 Å². The Balaban J connectivity index is 2.30. The lowest BCUT2D eigenvalue weighted by atomic mass is 9.67. The minimum absolute atomic E-state index is 0.186. The van der Waals surface area contributed by atoms with Gasteiger partial charge in [0.15, 0.2) is 5.41 Å². The minimum atomic E-state index is -1.48. The lowest BCUT2D eigenvalue weighted by molar-refractivity contribution is -0.153. The number of hydrogen-bond donors (Lipinski definition) is 3. The molecule has 3 N–H and O–H groups in total. The summed E-state index contributed by atoms with van der Waals surface area (Å²) in [4.78, 5) is 34.9. The van der Waals surface area contributed by atoms with Crippen molar-refractivity contribution in [1.29, 1.82) is 0 Å². The predicted molar refractivity (Wildman–Crippen MR) is 57.8 cm³/mol. The van der Waals surface area contributed by atoms with Gasteiger partial charge < -0.3 is 5.11 Å². The van der Waals surface area contributed by atoms with Crippen molar-refractivity contribution in [2.75, 3.05) is 6.61 Å². The molecule has 0 aromatic carbocycles. The van der Waals surface area contributed by atoms with Crippen molar-refractivity contribution in [2.24, 2.45) is 11.3 Å². The molecule has 0 atom stereocenters. The van der Waals surface area contributed by atoms with Gasteiger partial charge in [0.2, 0.25) is 11.8 Å². The first kappa shape index (κ1) is 12.0. The molecule has 0 spiro atoms. The van der Waals surface area contributed by atoms with Crippen molar-refractivity contribution in [3.8, 4) is 0 Å². The van der Waals surface area contributed by atoms with Crippen molar-refractivity contribution in [3.05, 3.63) is 0 Å². The van der Waals surface area contributed by atoms with Gasteiger partial charge in [-0.15, -0.1) is 0 Å². The first-order valence-corrected chi connectivity index (χ1v) is 5.89. The van der Waals surface area contributed by atoms with E-state index in [9.17, 15) is 19.5 Å². The fourth-order valence-electron chi connectivity index (χ4n) is 2.80. The van der Waals surface area contributed by atoms with E-state index in [1.54, 1.807) is 0 Å². The van der Waals surface area contributed by atoms with Crippen molar-refractivity contribution < 1.29 is 19.5 Å². The molecule has 6 heteroatoms. The van der Waals surface area contributed by atoms with E-state index in [4.69, 9.17) is 0 Å². The van der Waals surface area contributed by atoms with Crippen molar-refractivity contribution in [2.45, 2.75) is 32.1 Å². The van der Waals surface area contributed by atoms with Crippen molar-refractivity contribution in [1.82, 2.24) is 10.6 Å². The summed E-state index contributed by atoms with van der Waals surface area (Å²) in [5.41, 5.74) is -1.48. The van der Waals surface area contributed by atoms with Gasteiger partial charge in [0.25, 0.3) is 0 Å². The molecule has 0 radical (unpaired) electrons. The molecule has 94 valence electrons. The molecule has 2 aliphatic rings. The maximum Gasteiger partial charge on any atom is 0.328 e. The summed E-state index contributed by atoms with van der Waals surface area (Å²) < 4.78 is 0. The molecule has 6 nitrogen and oxygen atoms in total. The molecule has 2 rings (SSSR count). The second-order valence-corrected chi connectivity index (χ2v) is 4.70. The zero-order chi connectivity index (χ0) is 12.5. The summed E-state index contributed by atoms with van der Waals surface area (Å²) >= 11 is 0. The Morgan fingerprint density at radius 2 is 1.59 bits per heavy atom. The highest BCUT2D eigenvalue weighted by molar-refractivity contribution is 6.19. The summed E-state index contributed by atoms with van der Waals surface area (Å²) in [5, 5.41) is 13.6. The van der Waals surface area contributed by atoms with Crippen LogP contribution in [0, 0.1) is 11.3 Å². The first-order valence-electron chi connectivity index (χ1n) is 5.89. The Bertz CT molecular complexity index is 340. The number of nitrogens with one attached hydrogen (secondary N) is 2. The second-order valence-electron chi connectivity index (χ2n) is 4.70. The van der Waals surface area contributed by atoms with Gasteiger partial charge in [-0.3, -0.25) is 20.2 Å². The number of amides is 4. The third-order valence-corrected chi connectivity index (χ3v) is 3.82. The molecule has 1 aliphatic carbocycles. The molecule has 0 bridgehead atoms. The van der Waals surface area contributed by atoms with Gasteiger partial charge in [-0.2, -0.15) is 0 Å². The Hall–Kier alpha value is -1.43. The molecule has 0 aromatic rings. The number of imide groups is 2. The van der Waals surface area contributed by atoms with Crippen LogP contribution in [-0.2, 0) is 9.59 Å². The standard InChI is InChI=1S/C11H16N2O4/c14-6-11(7-4-2-1-3-5-7)8(15)12-10(17)13-9(11)16/h7,14H,1-6H2,(H2,12,13,15,16,17). The summed E-state index contributed by atoms with van der Waals surface area (Å²) in [6.45, 7) is -0.553. The SMILES string of the molecule is O=C1NC(=O)C(CO)(C2CCCCC2)C(=O)N1. The Labute approximate surface area is 98.8 Å². The molecule has 0 aromatic heterocycles. The van der Waals surface area contributed by atoms with Crippen LogP contribution >= 0.6 is 0 Å². The van der Waals surface area contributed by atoms with Gasteiger partial charge in [-0.05, 0) is 18.8 Å². The molecule has 1 saturated carbocycles. The van der Waals surface area contributed by atoms with E-state index >= 15 is 0 Å². The van der Waals surface area contributed by atoms with Crippen LogP contribution in [-0.4, -0.2) is 29.6 Å². The van der Waals surface area contributed by atoms with E-state index in [1.807, 2.05) is 0 Å². The summed E-state index contributed by atoms with van der Waals surface area (Å²) in [7, 11) is 0. The predicted octanol–water partition coefficient (Wildman–Crippen LogP) is -0.0886. The van der Waals surface area contributed by atoms with E-state index in [0.29, 0.717) is 0 Å². The summed E-state index contributed by atoms with van der Waals surface area (Å²) in [6, 6.07) is -0.806. The van der Waals surface area contributed by atoms with Gasteiger partial charge in [0, 0.05) is 0 Å². The summed E-state index contributed by atoms with van der Waals surface area (Å²) in [6.07, 6.45) is 4.44. The van der Waals surface area contributed by atoms with Gasteiger partial charge in [-0.1, -0.05) is 19.3 Å². The maximum atomic E-state index is 11.9. The Morgan fingerprint density at radius 1 is 1.06 bits per heavy atom. The number of rotatable bonds is 2. The molecular formula is C11H16N2O4. The van der Waals surface area contributed by atoms with E-state index in [1.165, 1.54) is 0 Å². The number of barbiturate groups is 1. The Kier molecular flexibility index (Phi) is 3.15. The van der Waals surface area contributed by atoms with Crippen LogP contribution in [0.3, 0.4) is 0 Å². The zero-order valence-electron chi connectivity index (χ0n) is 9.49. The van der Waals surface area contributed by atoms with Crippen molar-refractivity contribution in [3.63, 3.8) is 0 Å². The van der Waals surface area contributed by atoms with Gasteiger partial charge in [-0.25, -0.2) is 4.79 Å². The largest absolute Gasteiger partial charge is 0.395 e. The molecule has 0 unspecified atom stereocenters. The van der Waals surface area contributed by atoms with E-state index in [0.717, 1.165) is 32.1 Å². The third-order valence-electron chi connectivity index (χ3n) is 3.82. The van der Waals surface area contributed by atoms with Crippen LogP contribution in [0.5, 0.6) is 0 Å². The molecule has 2 fully saturated rings. The quantitative estimate of drug-likeness (QED) is 0.588. The smallest absolute Gasteiger partial charge is 0.328 e. The first-order chi connectivity index (χ1) is 8.11. The minimum Gasteiger partial charge on any atom is -0.395 e. The van der Waals surface area contributed by atoms with Crippen LogP contribution in [0.15, 0.2) is 0 Å². The van der Waals surface area contributed by atoms with Gasteiger partial charge >= 0.3 is 6.03 Å². The normalized spacial score (nSPS) is 25.4. The topological polar surface area (TPSA) is 95.5 Å². The van der Waals surface area contributed by atoms with Crippen LogP contribution < -0.4 is 10.6 Å². The van der Waals surface area contributed by atoms with Crippen LogP contribution in [0.1, 0.15) is 32.1 Å². The van der Waals surface area contributed by atoms with Gasteiger partial charge in [0.05, 0.1) is 6.61 Å². The molecule has 1 saturated heterocycles. The third kappa shape index (κ3) is 1.82. The maximum absolute atomic E-state index is 11.9. The van der Waals surface area contributed by atoms with Gasteiger partial charge in [0.1, 0.15) is 0 Å². The molecule has 1 aliphatic heterocycles. The number of aliphatic hydroxyl groups excluding tert-OH is 1. The molecular weight excluding hydrogens is 224 g/mol. The second kappa shape index (κ2) is 4.44. The molecule has 17 heavy (non-hydrogen) atoms. The van der Waals surface area contributed by atoms with E-state index in [-0.39, 0.29) is 5.92 Å². The monoisotopic (exact) mass is 240 g/mol. The highest BCUT2D eigenvalue weighted by Crippen LogP contribution is 2.40. The average molecular weight is 240 g/mol. The fourth-order valence-corrected chi connectivity index (χ4v) is 2.80. The number of carbonyl (C=O) groups is 3. The van der Waals surface area contributed by atoms with Crippen molar-refractivity contribution >= 4 is 17.8 Å². The Morgan fingerprint density at radius 3 is 2.06 bits per heavy atom. The molecule has 1 heterocycles. The number of aliphatic hydroxyl groups is 1. The molecule has 4 amide bonds. The number of hydrogen-bond acceptors (Lipinski definition) is 4.